The molecule has 0 aliphatic carbocycles. The summed E-state index contributed by atoms with van der Waals surface area (Å²) in [6.45, 7) is 24.6. The largest absolute Gasteiger partial charge is 0.107 e. The van der Waals surface area contributed by atoms with E-state index in [0.29, 0.717) is 0 Å². The van der Waals surface area contributed by atoms with E-state index in [1.54, 1.807) is 0 Å². The maximum atomic E-state index is 4.09. The zero-order valence-corrected chi connectivity index (χ0v) is 14.3. The second-order valence-electron chi connectivity index (χ2n) is 5.45. The molecule has 0 spiro atoms. The Morgan fingerprint density at radius 1 is 0.444 bits per heavy atom. The molecule has 0 amide bonds. The van der Waals surface area contributed by atoms with Crippen molar-refractivity contribution >= 4 is 24.2 Å². The van der Waals surface area contributed by atoms with Crippen LogP contribution in [0.15, 0.2) is 73.7 Å². The monoisotopic (exact) mass is 288 g/mol. The molecule has 1 saturated heterocycles. The van der Waals surface area contributed by atoms with Gasteiger partial charge in [-0.2, -0.15) is 0 Å². The van der Waals surface area contributed by atoms with E-state index in [-0.39, 0.29) is 0 Å². The molecule has 0 unspecified atom stereocenters. The molecular formula is C15H24Si3. The quantitative estimate of drug-likeness (QED) is 0.639. The molecule has 1 rings (SSSR count). The molecule has 1 fully saturated rings. The van der Waals surface area contributed by atoms with E-state index in [9.17, 15) is 0 Å². The summed E-state index contributed by atoms with van der Waals surface area (Å²) in [4.78, 5) is 0. The van der Waals surface area contributed by atoms with Gasteiger partial charge in [0.2, 0.25) is 0 Å². The van der Waals surface area contributed by atoms with E-state index in [4.69, 9.17) is 0 Å². The van der Waals surface area contributed by atoms with Crippen molar-refractivity contribution < 1.29 is 0 Å². The van der Waals surface area contributed by atoms with Gasteiger partial charge >= 0.3 is 0 Å². The van der Waals surface area contributed by atoms with E-state index in [2.05, 4.69) is 73.7 Å². The average Bonchev–Trinajstić information content (AvgIpc) is 2.46. The topological polar surface area (TPSA) is 0 Å². The third-order valence-electron chi connectivity index (χ3n) is 4.41. The minimum Gasteiger partial charge on any atom is -0.107 e. The van der Waals surface area contributed by atoms with Crippen LogP contribution in [-0.2, 0) is 0 Å². The Bertz CT molecular complexity index is 308. The fourth-order valence-electron chi connectivity index (χ4n) is 3.14. The van der Waals surface area contributed by atoms with Crippen LogP contribution >= 0.6 is 0 Å². The summed E-state index contributed by atoms with van der Waals surface area (Å²) < 4.78 is 0. The maximum Gasteiger partial charge on any atom is 0.0964 e. The van der Waals surface area contributed by atoms with Crippen LogP contribution in [0.25, 0.3) is 0 Å². The first kappa shape index (κ1) is 15.1. The Balaban J connectivity index is 3.38. The third kappa shape index (κ3) is 2.43. The van der Waals surface area contributed by atoms with Gasteiger partial charge in [-0.1, -0.05) is 34.2 Å². The predicted molar refractivity (Wildman–Crippen MR) is 92.9 cm³/mol. The molecule has 0 radical (unpaired) electrons. The second kappa shape index (κ2) is 5.38. The average molecular weight is 289 g/mol. The normalized spacial score (nSPS) is 23.3. The first-order valence-corrected chi connectivity index (χ1v) is 14.0. The standard InChI is InChI=1S/C15H24Si3/c1-7-16(8-2)13-17(9-3,10-4)15-18(11-5,12-6)14-16/h7-12H,1-6,13-15H2. The minimum atomic E-state index is -1.62. The lowest BCUT2D eigenvalue weighted by molar-refractivity contribution is 1.45. The van der Waals surface area contributed by atoms with E-state index in [1.807, 2.05) is 0 Å². The van der Waals surface area contributed by atoms with Crippen LogP contribution in [0.5, 0.6) is 0 Å². The molecule has 0 saturated carbocycles. The van der Waals surface area contributed by atoms with Crippen molar-refractivity contribution in [3.05, 3.63) is 73.7 Å². The number of hydrogen-bond acceptors (Lipinski definition) is 0. The minimum absolute atomic E-state index is 1.23. The number of hydrogen-bond donors (Lipinski definition) is 0. The van der Waals surface area contributed by atoms with Crippen LogP contribution in [0.2, 0.25) is 17.0 Å². The Kier molecular flexibility index (Phi) is 4.53. The van der Waals surface area contributed by atoms with Gasteiger partial charge in [0, 0.05) is 0 Å². The molecule has 18 heavy (non-hydrogen) atoms. The first-order valence-electron chi connectivity index (χ1n) is 6.30. The summed E-state index contributed by atoms with van der Waals surface area (Å²) in [6, 6.07) is 0. The highest BCUT2D eigenvalue weighted by molar-refractivity contribution is 7.21. The Labute approximate surface area is 115 Å². The third-order valence-corrected chi connectivity index (χ3v) is 25.1. The fourth-order valence-corrected chi connectivity index (χ4v) is 30.2. The molecule has 1 aliphatic heterocycles. The van der Waals surface area contributed by atoms with E-state index < -0.39 is 24.2 Å². The van der Waals surface area contributed by atoms with Crippen molar-refractivity contribution in [1.29, 1.82) is 0 Å². The van der Waals surface area contributed by atoms with Gasteiger partial charge in [0.05, 0.1) is 24.2 Å². The first-order chi connectivity index (χ1) is 8.49. The highest BCUT2D eigenvalue weighted by Gasteiger charge is 2.51. The molecule has 96 valence electrons. The lowest BCUT2D eigenvalue weighted by Gasteiger charge is -2.47. The van der Waals surface area contributed by atoms with Gasteiger partial charge in [-0.25, -0.2) is 0 Å². The maximum absolute atomic E-state index is 4.09. The van der Waals surface area contributed by atoms with Gasteiger partial charge in [-0.05, 0) is 17.0 Å². The second-order valence-corrected chi connectivity index (χ2v) is 19.5. The summed E-state index contributed by atoms with van der Waals surface area (Å²) in [5.41, 5.74) is 16.9. The Morgan fingerprint density at radius 2 is 0.611 bits per heavy atom. The van der Waals surface area contributed by atoms with Gasteiger partial charge in [0.25, 0.3) is 0 Å². The van der Waals surface area contributed by atoms with Gasteiger partial charge in [0.15, 0.2) is 0 Å². The van der Waals surface area contributed by atoms with E-state index in [1.165, 1.54) is 17.0 Å². The van der Waals surface area contributed by atoms with Gasteiger partial charge in [-0.15, -0.1) is 39.5 Å². The Morgan fingerprint density at radius 3 is 0.722 bits per heavy atom. The molecule has 0 aromatic rings. The molecule has 0 bridgehead atoms. The summed E-state index contributed by atoms with van der Waals surface area (Å²) >= 11 is 0. The van der Waals surface area contributed by atoms with Crippen LogP contribution in [0.1, 0.15) is 0 Å². The van der Waals surface area contributed by atoms with Gasteiger partial charge < -0.3 is 0 Å². The van der Waals surface area contributed by atoms with Gasteiger partial charge in [0.1, 0.15) is 0 Å². The zero-order chi connectivity index (χ0) is 13.9. The molecule has 3 heteroatoms. The lowest BCUT2D eigenvalue weighted by atomic mass is 11.2. The lowest BCUT2D eigenvalue weighted by Crippen LogP contribution is -2.59. The Hall–Kier alpha value is -0.909. The smallest absolute Gasteiger partial charge is 0.0964 e. The van der Waals surface area contributed by atoms with Crippen LogP contribution in [0.4, 0.5) is 0 Å². The summed E-state index contributed by atoms with van der Waals surface area (Å²) in [7, 11) is -4.86. The van der Waals surface area contributed by atoms with Crippen LogP contribution < -0.4 is 0 Å². The van der Waals surface area contributed by atoms with E-state index in [0.717, 1.165) is 0 Å². The summed E-state index contributed by atoms with van der Waals surface area (Å²) in [5, 5.41) is 0. The van der Waals surface area contributed by atoms with Crippen molar-refractivity contribution in [2.45, 2.75) is 17.0 Å². The molecule has 0 aromatic heterocycles. The molecule has 0 atom stereocenters. The molecular weight excluding hydrogens is 264 g/mol. The fraction of sp³-hybridized carbons (Fsp3) is 0.200. The number of rotatable bonds is 6. The molecule has 0 nitrogen and oxygen atoms in total. The molecule has 1 heterocycles. The van der Waals surface area contributed by atoms with Crippen LogP contribution in [0, 0.1) is 0 Å². The van der Waals surface area contributed by atoms with Crippen molar-refractivity contribution in [2.24, 2.45) is 0 Å². The SMILES string of the molecule is C=C[Si]1(C=C)C[Si](C=C)(C=C)C[Si](C=C)(C=C)C1. The highest BCUT2D eigenvalue weighted by Crippen LogP contribution is 2.43. The van der Waals surface area contributed by atoms with Crippen LogP contribution in [0.3, 0.4) is 0 Å². The molecule has 1 aliphatic rings. The summed E-state index contributed by atoms with van der Waals surface area (Å²) in [6.07, 6.45) is 0. The molecule has 0 aromatic carbocycles. The summed E-state index contributed by atoms with van der Waals surface area (Å²) in [5.74, 6) is 0. The molecule has 0 N–H and O–H groups in total. The van der Waals surface area contributed by atoms with Crippen molar-refractivity contribution in [2.75, 3.05) is 0 Å². The predicted octanol–water partition coefficient (Wildman–Crippen LogP) is 4.32. The highest BCUT2D eigenvalue weighted by atomic mass is 28.5. The van der Waals surface area contributed by atoms with E-state index >= 15 is 0 Å². The zero-order valence-electron chi connectivity index (χ0n) is 11.3. The van der Waals surface area contributed by atoms with Crippen molar-refractivity contribution in [1.82, 2.24) is 0 Å². The van der Waals surface area contributed by atoms with Crippen LogP contribution in [-0.4, -0.2) is 24.2 Å². The van der Waals surface area contributed by atoms with Crippen molar-refractivity contribution in [3.8, 4) is 0 Å². The van der Waals surface area contributed by atoms with Gasteiger partial charge in [-0.3, -0.25) is 0 Å². The van der Waals surface area contributed by atoms with Crippen molar-refractivity contribution in [3.63, 3.8) is 0 Å².